The number of carboxylic acid groups (broad SMARTS) is 1. The van der Waals surface area contributed by atoms with E-state index < -0.39 is 5.97 Å². The number of carbonyl (C=O) groups is 1. The fourth-order valence-corrected chi connectivity index (χ4v) is 1.88. The maximum Gasteiger partial charge on any atom is 0.303 e. The molecular formula is C11H23NO2. The molecule has 0 spiro atoms. The first-order valence-corrected chi connectivity index (χ1v) is 5.13. The molecule has 84 valence electrons. The van der Waals surface area contributed by atoms with Gasteiger partial charge in [0.05, 0.1) is 6.42 Å². The summed E-state index contributed by atoms with van der Waals surface area (Å²) in [6.07, 6.45) is 0.232. The zero-order valence-electron chi connectivity index (χ0n) is 10.0. The predicted molar refractivity (Wildman–Crippen MR) is 58.4 cm³/mol. The van der Waals surface area contributed by atoms with Gasteiger partial charge in [0, 0.05) is 13.1 Å². The third kappa shape index (κ3) is 6.89. The van der Waals surface area contributed by atoms with Crippen molar-refractivity contribution in [3.8, 4) is 0 Å². The molecule has 0 atom stereocenters. The molecule has 14 heavy (non-hydrogen) atoms. The lowest BCUT2D eigenvalue weighted by Crippen LogP contribution is -2.35. The molecule has 0 unspecified atom stereocenters. The van der Waals surface area contributed by atoms with Gasteiger partial charge in [0.15, 0.2) is 0 Å². The van der Waals surface area contributed by atoms with Gasteiger partial charge in [-0.3, -0.25) is 4.79 Å². The Morgan fingerprint density at radius 1 is 1.43 bits per heavy atom. The van der Waals surface area contributed by atoms with E-state index in [0.717, 1.165) is 13.1 Å². The Kier molecular flexibility index (Phi) is 5.13. The Bertz CT molecular complexity index is 188. The zero-order chi connectivity index (χ0) is 11.4. The summed E-state index contributed by atoms with van der Waals surface area (Å²) >= 11 is 0. The molecule has 0 aromatic heterocycles. The van der Waals surface area contributed by atoms with E-state index in [2.05, 4.69) is 18.7 Å². The minimum atomic E-state index is -0.715. The van der Waals surface area contributed by atoms with E-state index in [-0.39, 0.29) is 11.8 Å². The van der Waals surface area contributed by atoms with Crippen molar-refractivity contribution in [2.45, 2.75) is 34.1 Å². The molecule has 0 aliphatic heterocycles. The summed E-state index contributed by atoms with van der Waals surface area (Å²) in [5.41, 5.74) is -0.143. The second-order valence-corrected chi connectivity index (χ2v) is 5.33. The van der Waals surface area contributed by atoms with Crippen LogP contribution in [0.3, 0.4) is 0 Å². The molecule has 0 aliphatic carbocycles. The molecular weight excluding hydrogens is 178 g/mol. The molecule has 3 heteroatoms. The zero-order valence-corrected chi connectivity index (χ0v) is 10.0. The monoisotopic (exact) mass is 201 g/mol. The Balaban J connectivity index is 4.00. The van der Waals surface area contributed by atoms with Crippen LogP contribution in [0.2, 0.25) is 0 Å². The number of aliphatic carboxylic acids is 1. The summed E-state index contributed by atoms with van der Waals surface area (Å²) in [4.78, 5) is 12.8. The van der Waals surface area contributed by atoms with Gasteiger partial charge in [0.2, 0.25) is 0 Å². The van der Waals surface area contributed by atoms with E-state index in [4.69, 9.17) is 5.11 Å². The Hall–Kier alpha value is -0.570. The lowest BCUT2D eigenvalue weighted by molar-refractivity contribution is -0.139. The first kappa shape index (κ1) is 13.4. The maximum atomic E-state index is 10.6. The average molecular weight is 201 g/mol. The van der Waals surface area contributed by atoms with E-state index in [1.165, 1.54) is 0 Å². The first-order chi connectivity index (χ1) is 6.23. The lowest BCUT2D eigenvalue weighted by Gasteiger charge is -2.29. The number of carboxylic acids is 1. The molecule has 0 aromatic carbocycles. The quantitative estimate of drug-likeness (QED) is 0.715. The van der Waals surface area contributed by atoms with Gasteiger partial charge in [0.25, 0.3) is 0 Å². The highest BCUT2D eigenvalue weighted by molar-refractivity contribution is 5.67. The Labute approximate surface area is 87.1 Å². The minimum Gasteiger partial charge on any atom is -0.481 e. The average Bonchev–Trinajstić information content (AvgIpc) is 1.77. The summed E-state index contributed by atoms with van der Waals surface area (Å²) in [6.45, 7) is 10.2. The van der Waals surface area contributed by atoms with Crippen LogP contribution in [0, 0.1) is 11.3 Å². The standard InChI is InChI=1S/C11H23NO2/c1-9(2)7-12(5)8-11(3,4)6-10(13)14/h9H,6-8H2,1-5H3,(H,13,14). The molecule has 0 aliphatic rings. The van der Waals surface area contributed by atoms with Crippen molar-refractivity contribution in [3.63, 3.8) is 0 Å². The van der Waals surface area contributed by atoms with Gasteiger partial charge in [0.1, 0.15) is 0 Å². The van der Waals surface area contributed by atoms with Crippen LogP contribution in [0.4, 0.5) is 0 Å². The van der Waals surface area contributed by atoms with Crippen LogP contribution in [-0.4, -0.2) is 36.1 Å². The molecule has 0 radical (unpaired) electrons. The lowest BCUT2D eigenvalue weighted by atomic mass is 9.88. The minimum absolute atomic E-state index is 0.143. The van der Waals surface area contributed by atoms with Gasteiger partial charge in [-0.2, -0.15) is 0 Å². The SMILES string of the molecule is CC(C)CN(C)CC(C)(C)CC(=O)O. The van der Waals surface area contributed by atoms with E-state index >= 15 is 0 Å². The normalized spacial score (nSPS) is 12.5. The van der Waals surface area contributed by atoms with Crippen LogP contribution in [0.15, 0.2) is 0 Å². The van der Waals surface area contributed by atoms with Crippen LogP contribution in [0.25, 0.3) is 0 Å². The van der Waals surface area contributed by atoms with E-state index in [9.17, 15) is 4.79 Å². The first-order valence-electron chi connectivity index (χ1n) is 5.13. The van der Waals surface area contributed by atoms with Crippen molar-refractivity contribution in [2.24, 2.45) is 11.3 Å². The van der Waals surface area contributed by atoms with Crippen LogP contribution in [0.5, 0.6) is 0 Å². The third-order valence-corrected chi connectivity index (χ3v) is 2.00. The largest absolute Gasteiger partial charge is 0.481 e. The number of nitrogens with zero attached hydrogens (tertiary/aromatic N) is 1. The van der Waals surface area contributed by atoms with E-state index in [1.54, 1.807) is 0 Å². The molecule has 0 saturated heterocycles. The summed E-state index contributed by atoms with van der Waals surface area (Å²) in [6, 6.07) is 0. The maximum absolute atomic E-state index is 10.6. The van der Waals surface area contributed by atoms with Gasteiger partial charge in [-0.15, -0.1) is 0 Å². The van der Waals surface area contributed by atoms with Gasteiger partial charge < -0.3 is 10.0 Å². The van der Waals surface area contributed by atoms with E-state index in [0.29, 0.717) is 5.92 Å². The molecule has 0 bridgehead atoms. The fraction of sp³-hybridized carbons (Fsp3) is 0.909. The Morgan fingerprint density at radius 3 is 2.29 bits per heavy atom. The van der Waals surface area contributed by atoms with Gasteiger partial charge in [-0.1, -0.05) is 27.7 Å². The molecule has 0 amide bonds. The molecule has 0 rings (SSSR count). The summed E-state index contributed by atoms with van der Waals surface area (Å²) in [5.74, 6) is -0.0893. The van der Waals surface area contributed by atoms with Gasteiger partial charge in [-0.05, 0) is 18.4 Å². The molecule has 3 nitrogen and oxygen atoms in total. The van der Waals surface area contributed by atoms with Crippen molar-refractivity contribution in [3.05, 3.63) is 0 Å². The topological polar surface area (TPSA) is 40.5 Å². The van der Waals surface area contributed by atoms with Crippen molar-refractivity contribution < 1.29 is 9.90 Å². The Morgan fingerprint density at radius 2 is 1.93 bits per heavy atom. The van der Waals surface area contributed by atoms with Crippen LogP contribution in [0.1, 0.15) is 34.1 Å². The molecule has 0 saturated carbocycles. The fourth-order valence-electron chi connectivity index (χ4n) is 1.88. The van der Waals surface area contributed by atoms with Gasteiger partial charge >= 0.3 is 5.97 Å². The van der Waals surface area contributed by atoms with Crippen LogP contribution in [-0.2, 0) is 4.79 Å². The van der Waals surface area contributed by atoms with Crippen LogP contribution >= 0.6 is 0 Å². The third-order valence-electron chi connectivity index (χ3n) is 2.00. The van der Waals surface area contributed by atoms with Gasteiger partial charge in [-0.25, -0.2) is 0 Å². The number of rotatable bonds is 6. The highest BCUT2D eigenvalue weighted by Crippen LogP contribution is 2.21. The molecule has 1 N–H and O–H groups in total. The van der Waals surface area contributed by atoms with Crippen molar-refractivity contribution in [1.29, 1.82) is 0 Å². The summed E-state index contributed by atoms with van der Waals surface area (Å²) < 4.78 is 0. The molecule has 0 heterocycles. The second kappa shape index (κ2) is 5.35. The molecule has 0 fully saturated rings. The van der Waals surface area contributed by atoms with E-state index in [1.807, 2.05) is 20.9 Å². The number of hydrogen-bond acceptors (Lipinski definition) is 2. The van der Waals surface area contributed by atoms with Crippen molar-refractivity contribution >= 4 is 5.97 Å². The highest BCUT2D eigenvalue weighted by Gasteiger charge is 2.23. The second-order valence-electron chi connectivity index (χ2n) is 5.33. The smallest absolute Gasteiger partial charge is 0.303 e. The van der Waals surface area contributed by atoms with Crippen molar-refractivity contribution in [1.82, 2.24) is 4.90 Å². The highest BCUT2D eigenvalue weighted by atomic mass is 16.4. The number of hydrogen-bond donors (Lipinski definition) is 1. The van der Waals surface area contributed by atoms with Crippen LogP contribution < -0.4 is 0 Å². The summed E-state index contributed by atoms with van der Waals surface area (Å²) in [5, 5.41) is 8.73. The summed E-state index contributed by atoms with van der Waals surface area (Å²) in [7, 11) is 2.05. The van der Waals surface area contributed by atoms with Crippen molar-refractivity contribution in [2.75, 3.05) is 20.1 Å². The predicted octanol–water partition coefficient (Wildman–Crippen LogP) is 2.08. The molecule has 0 aromatic rings.